The van der Waals surface area contributed by atoms with Gasteiger partial charge in [0.1, 0.15) is 0 Å². The first kappa shape index (κ1) is 20.0. The third kappa shape index (κ3) is 4.74. The number of sulfone groups is 1. The highest BCUT2D eigenvalue weighted by atomic mass is 32.2. The Morgan fingerprint density at radius 3 is 2.37 bits per heavy atom. The average Bonchev–Trinajstić information content (AvgIpc) is 3.13. The van der Waals surface area contributed by atoms with Crippen molar-refractivity contribution in [1.82, 2.24) is 14.5 Å². The first-order valence-electron chi connectivity index (χ1n) is 8.90. The number of rotatable bonds is 7. The minimum atomic E-state index is -3.72. The van der Waals surface area contributed by atoms with E-state index in [0.717, 1.165) is 0 Å². The molecule has 1 aromatic carbocycles. The third-order valence-corrected chi connectivity index (χ3v) is 8.03. The Kier molecular flexibility index (Phi) is 5.97. The van der Waals surface area contributed by atoms with E-state index in [1.165, 1.54) is 4.31 Å². The summed E-state index contributed by atoms with van der Waals surface area (Å²) in [5, 5.41) is 7.24. The van der Waals surface area contributed by atoms with Crippen LogP contribution >= 0.6 is 0 Å². The molecule has 2 aromatic rings. The van der Waals surface area contributed by atoms with Crippen molar-refractivity contribution >= 4 is 19.9 Å². The summed E-state index contributed by atoms with van der Waals surface area (Å²) in [4.78, 5) is 0. The summed E-state index contributed by atoms with van der Waals surface area (Å²) < 4.78 is 56.1. The minimum Gasteiger partial charge on any atom is -0.412 e. The van der Waals surface area contributed by atoms with Gasteiger partial charge in [-0.25, -0.2) is 21.1 Å². The molecule has 0 saturated carbocycles. The molecule has 0 bridgehead atoms. The van der Waals surface area contributed by atoms with E-state index in [-0.39, 0.29) is 28.5 Å². The van der Waals surface area contributed by atoms with Crippen LogP contribution < -0.4 is 0 Å². The molecule has 1 aromatic heterocycles. The number of nitrogens with zero attached hydrogens (tertiary/aromatic N) is 3. The van der Waals surface area contributed by atoms with Crippen molar-refractivity contribution in [2.24, 2.45) is 0 Å². The van der Waals surface area contributed by atoms with Gasteiger partial charge in [0.25, 0.3) is 0 Å². The molecular weight excluding hydrogens is 390 g/mol. The van der Waals surface area contributed by atoms with Crippen LogP contribution in [-0.4, -0.2) is 50.2 Å². The SMILES string of the molecule is CCCS(=O)(=O)N1CCC(c2nnc(S(=O)(=O)Cc3ccccc3)o2)CC1. The summed E-state index contributed by atoms with van der Waals surface area (Å²) in [7, 11) is -6.94. The van der Waals surface area contributed by atoms with E-state index >= 15 is 0 Å². The number of sulfonamides is 1. The molecule has 27 heavy (non-hydrogen) atoms. The molecule has 8 nitrogen and oxygen atoms in total. The molecule has 3 rings (SSSR count). The summed E-state index contributed by atoms with van der Waals surface area (Å²) in [6.07, 6.45) is 1.64. The smallest absolute Gasteiger partial charge is 0.335 e. The Morgan fingerprint density at radius 2 is 1.74 bits per heavy atom. The Labute approximate surface area is 159 Å². The lowest BCUT2D eigenvalue weighted by Crippen LogP contribution is -2.39. The summed E-state index contributed by atoms with van der Waals surface area (Å²) in [6, 6.07) is 8.80. The fourth-order valence-corrected chi connectivity index (χ4v) is 5.81. The van der Waals surface area contributed by atoms with Gasteiger partial charge in [-0.15, -0.1) is 5.10 Å². The Morgan fingerprint density at radius 1 is 1.07 bits per heavy atom. The maximum atomic E-state index is 12.5. The predicted molar refractivity (Wildman–Crippen MR) is 99.3 cm³/mol. The normalized spacial score (nSPS) is 17.2. The van der Waals surface area contributed by atoms with Gasteiger partial charge in [0.15, 0.2) is 0 Å². The van der Waals surface area contributed by atoms with Crippen molar-refractivity contribution in [3.63, 3.8) is 0 Å². The topological polar surface area (TPSA) is 110 Å². The van der Waals surface area contributed by atoms with Crippen LogP contribution in [0.5, 0.6) is 0 Å². The van der Waals surface area contributed by atoms with Crippen molar-refractivity contribution in [2.45, 2.75) is 43.1 Å². The van der Waals surface area contributed by atoms with Crippen molar-refractivity contribution in [3.05, 3.63) is 41.8 Å². The largest absolute Gasteiger partial charge is 0.412 e. The second-order valence-electron chi connectivity index (χ2n) is 6.64. The van der Waals surface area contributed by atoms with Gasteiger partial charge in [0.05, 0.1) is 11.5 Å². The molecule has 1 fully saturated rings. The molecule has 1 saturated heterocycles. The van der Waals surface area contributed by atoms with E-state index < -0.39 is 19.9 Å². The van der Waals surface area contributed by atoms with Gasteiger partial charge in [0.2, 0.25) is 25.8 Å². The highest BCUT2D eigenvalue weighted by Gasteiger charge is 2.32. The molecule has 0 aliphatic carbocycles. The van der Waals surface area contributed by atoms with Gasteiger partial charge in [-0.2, -0.15) is 0 Å². The van der Waals surface area contributed by atoms with Gasteiger partial charge >= 0.3 is 5.22 Å². The summed E-state index contributed by atoms with van der Waals surface area (Å²) in [5.41, 5.74) is 0.645. The maximum Gasteiger partial charge on any atom is 0.335 e. The van der Waals surface area contributed by atoms with Crippen molar-refractivity contribution < 1.29 is 21.3 Å². The first-order chi connectivity index (χ1) is 12.8. The maximum absolute atomic E-state index is 12.5. The molecule has 10 heteroatoms. The third-order valence-electron chi connectivity index (χ3n) is 4.55. The highest BCUT2D eigenvalue weighted by molar-refractivity contribution is 7.90. The zero-order valence-electron chi connectivity index (χ0n) is 15.1. The van der Waals surface area contributed by atoms with Crippen molar-refractivity contribution in [2.75, 3.05) is 18.8 Å². The molecule has 1 aliphatic heterocycles. The van der Waals surface area contributed by atoms with Crippen LogP contribution in [0.15, 0.2) is 40.0 Å². The first-order valence-corrected chi connectivity index (χ1v) is 12.2. The number of piperidine rings is 1. The fourth-order valence-electron chi connectivity index (χ4n) is 3.13. The van der Waals surface area contributed by atoms with Crippen LogP contribution in [0.4, 0.5) is 0 Å². The average molecular weight is 414 g/mol. The molecule has 0 N–H and O–H groups in total. The number of hydrogen-bond donors (Lipinski definition) is 0. The number of aromatic nitrogens is 2. The van der Waals surface area contributed by atoms with Gasteiger partial charge < -0.3 is 4.42 Å². The Hall–Kier alpha value is -1.78. The van der Waals surface area contributed by atoms with Crippen LogP contribution in [0.3, 0.4) is 0 Å². The molecule has 0 atom stereocenters. The molecule has 148 valence electrons. The fraction of sp³-hybridized carbons (Fsp3) is 0.529. The highest BCUT2D eigenvalue weighted by Crippen LogP contribution is 2.29. The zero-order valence-corrected chi connectivity index (χ0v) is 16.7. The molecule has 0 amide bonds. The quantitative estimate of drug-likeness (QED) is 0.682. The monoisotopic (exact) mass is 413 g/mol. The van der Waals surface area contributed by atoms with E-state index in [1.807, 2.05) is 13.0 Å². The van der Waals surface area contributed by atoms with Crippen LogP contribution in [0.1, 0.15) is 43.6 Å². The molecule has 0 unspecified atom stereocenters. The van der Waals surface area contributed by atoms with E-state index in [2.05, 4.69) is 10.2 Å². The van der Waals surface area contributed by atoms with Crippen LogP contribution in [0.25, 0.3) is 0 Å². The second-order valence-corrected chi connectivity index (χ2v) is 10.6. The Bertz CT molecular complexity index is 963. The number of hydrogen-bond acceptors (Lipinski definition) is 7. The van der Waals surface area contributed by atoms with Gasteiger partial charge in [-0.3, -0.25) is 0 Å². The van der Waals surface area contributed by atoms with E-state index in [9.17, 15) is 16.8 Å². The lowest BCUT2D eigenvalue weighted by Gasteiger charge is -2.29. The minimum absolute atomic E-state index is 0.133. The second kappa shape index (κ2) is 8.07. The molecule has 1 aliphatic rings. The van der Waals surface area contributed by atoms with E-state index in [0.29, 0.717) is 37.9 Å². The van der Waals surface area contributed by atoms with Crippen LogP contribution in [0.2, 0.25) is 0 Å². The summed E-state index contributed by atoms with van der Waals surface area (Å²) in [6.45, 7) is 2.59. The lowest BCUT2D eigenvalue weighted by atomic mass is 9.98. The molecule has 0 spiro atoms. The van der Waals surface area contributed by atoms with Crippen LogP contribution in [-0.2, 0) is 25.6 Å². The molecule has 2 heterocycles. The molecular formula is C17H23N3O5S2. The van der Waals surface area contributed by atoms with Crippen molar-refractivity contribution in [1.29, 1.82) is 0 Å². The number of benzene rings is 1. The van der Waals surface area contributed by atoms with Gasteiger partial charge in [0, 0.05) is 19.0 Å². The zero-order chi connectivity index (χ0) is 19.5. The molecule has 0 radical (unpaired) electrons. The van der Waals surface area contributed by atoms with Gasteiger partial charge in [-0.1, -0.05) is 42.4 Å². The van der Waals surface area contributed by atoms with Crippen molar-refractivity contribution in [3.8, 4) is 0 Å². The van der Waals surface area contributed by atoms with E-state index in [4.69, 9.17) is 4.42 Å². The van der Waals surface area contributed by atoms with Crippen LogP contribution in [0, 0.1) is 0 Å². The van der Waals surface area contributed by atoms with Gasteiger partial charge in [-0.05, 0) is 24.8 Å². The van der Waals surface area contributed by atoms with E-state index in [1.54, 1.807) is 24.3 Å². The predicted octanol–water partition coefficient (Wildman–Crippen LogP) is 1.96. The standard InChI is InChI=1S/C17H23N3O5S2/c1-2-12-27(23,24)20-10-8-15(9-11-20)16-18-19-17(25-16)26(21,22)13-14-6-4-3-5-7-14/h3-7,15H,2,8-13H2,1H3. The summed E-state index contributed by atoms with van der Waals surface area (Å²) in [5.74, 6) is 0.0592. The summed E-state index contributed by atoms with van der Waals surface area (Å²) >= 11 is 0. The lowest BCUT2D eigenvalue weighted by molar-refractivity contribution is 0.278. The Balaban J connectivity index is 1.66.